The zero-order valence-electron chi connectivity index (χ0n) is 14.5. The summed E-state index contributed by atoms with van der Waals surface area (Å²) in [4.78, 5) is 21.3. The van der Waals surface area contributed by atoms with Gasteiger partial charge in [-0.05, 0) is 43.3 Å². The second kappa shape index (κ2) is 7.08. The number of aromatic nitrogens is 3. The fraction of sp³-hybridized carbons (Fsp3) is 0.105. The van der Waals surface area contributed by atoms with E-state index in [0.717, 1.165) is 15.9 Å². The fourth-order valence-corrected chi connectivity index (χ4v) is 3.78. The second-order valence-electron chi connectivity index (χ2n) is 5.97. The summed E-state index contributed by atoms with van der Waals surface area (Å²) in [5.74, 6) is -0.828. The minimum absolute atomic E-state index is 0.0912. The molecule has 2 aromatic carbocycles. The average Bonchev–Trinajstić information content (AvgIpc) is 3.22. The lowest BCUT2D eigenvalue weighted by Crippen LogP contribution is -2.11. The first kappa shape index (κ1) is 18.2. The van der Waals surface area contributed by atoms with Crippen LogP contribution >= 0.6 is 11.3 Å². The van der Waals surface area contributed by atoms with Crippen molar-refractivity contribution in [3.63, 3.8) is 0 Å². The molecule has 0 aliphatic rings. The molecule has 0 aliphatic carbocycles. The van der Waals surface area contributed by atoms with Gasteiger partial charge >= 0.3 is 6.55 Å². The molecule has 0 atom stereocenters. The molecule has 0 saturated heterocycles. The van der Waals surface area contributed by atoms with Gasteiger partial charge in [0, 0.05) is 5.56 Å². The summed E-state index contributed by atoms with van der Waals surface area (Å²) in [7, 11) is 0. The second-order valence-corrected chi connectivity index (χ2v) is 6.97. The van der Waals surface area contributed by atoms with Crippen LogP contribution in [0.3, 0.4) is 0 Å². The number of para-hydroxylation sites is 2. The number of thiazole rings is 1. The Morgan fingerprint density at radius 3 is 2.54 bits per heavy atom. The van der Waals surface area contributed by atoms with Crippen molar-refractivity contribution in [2.45, 2.75) is 13.5 Å². The molecule has 0 fully saturated rings. The zero-order chi connectivity index (χ0) is 19.8. The van der Waals surface area contributed by atoms with Crippen LogP contribution in [0.25, 0.3) is 21.7 Å². The standard InChI is InChI=1S/C19H13F3N4OS/c1-10-15(16-24-13-4-2-3-5-14(13)26(16)18(21)22)28-19(23-10)25-17(27)11-6-8-12(20)9-7-11/h2-9,18H,1H3,(H,23,25,27). The van der Waals surface area contributed by atoms with Gasteiger partial charge in [0.25, 0.3) is 5.91 Å². The number of nitrogens with zero attached hydrogens (tertiary/aromatic N) is 3. The number of alkyl halides is 2. The van der Waals surface area contributed by atoms with E-state index in [0.29, 0.717) is 21.6 Å². The van der Waals surface area contributed by atoms with E-state index >= 15 is 0 Å². The van der Waals surface area contributed by atoms with Crippen molar-refractivity contribution in [2.75, 3.05) is 5.32 Å². The molecule has 0 spiro atoms. The quantitative estimate of drug-likeness (QED) is 0.507. The highest BCUT2D eigenvalue weighted by Crippen LogP contribution is 2.36. The highest BCUT2D eigenvalue weighted by atomic mass is 32.1. The first-order valence-electron chi connectivity index (χ1n) is 8.24. The lowest BCUT2D eigenvalue weighted by molar-refractivity contribution is 0.0764. The first-order valence-corrected chi connectivity index (χ1v) is 9.05. The van der Waals surface area contributed by atoms with Crippen LogP contribution in [0.15, 0.2) is 48.5 Å². The predicted molar refractivity (Wildman–Crippen MR) is 101 cm³/mol. The van der Waals surface area contributed by atoms with Gasteiger partial charge in [-0.3, -0.25) is 14.7 Å². The lowest BCUT2D eigenvalue weighted by Gasteiger charge is -2.06. The van der Waals surface area contributed by atoms with E-state index < -0.39 is 18.3 Å². The molecule has 9 heteroatoms. The van der Waals surface area contributed by atoms with Gasteiger partial charge in [-0.15, -0.1) is 0 Å². The summed E-state index contributed by atoms with van der Waals surface area (Å²) < 4.78 is 41.2. The molecule has 0 unspecified atom stereocenters. The van der Waals surface area contributed by atoms with Gasteiger partial charge in [-0.25, -0.2) is 14.4 Å². The number of nitrogens with one attached hydrogen (secondary N) is 1. The number of carbonyl (C=O) groups excluding carboxylic acids is 1. The van der Waals surface area contributed by atoms with Crippen LogP contribution in [0, 0.1) is 12.7 Å². The van der Waals surface area contributed by atoms with E-state index in [2.05, 4.69) is 15.3 Å². The van der Waals surface area contributed by atoms with Crippen molar-refractivity contribution in [1.82, 2.24) is 14.5 Å². The number of carbonyl (C=O) groups is 1. The number of halogens is 3. The van der Waals surface area contributed by atoms with Crippen LogP contribution in [0.4, 0.5) is 18.3 Å². The van der Waals surface area contributed by atoms with Gasteiger partial charge in [0.15, 0.2) is 11.0 Å². The first-order chi connectivity index (χ1) is 13.4. The average molecular weight is 402 g/mol. The summed E-state index contributed by atoms with van der Waals surface area (Å²) in [6, 6.07) is 11.7. The minimum atomic E-state index is -2.78. The predicted octanol–water partition coefficient (Wildman–Crippen LogP) is 5.25. The van der Waals surface area contributed by atoms with Crippen LogP contribution in [0.1, 0.15) is 22.6 Å². The molecule has 28 heavy (non-hydrogen) atoms. The fourth-order valence-electron chi connectivity index (χ4n) is 2.83. The maximum absolute atomic E-state index is 13.7. The zero-order valence-corrected chi connectivity index (χ0v) is 15.3. The van der Waals surface area contributed by atoms with Gasteiger partial charge in [0.2, 0.25) is 0 Å². The van der Waals surface area contributed by atoms with E-state index in [1.807, 2.05) is 0 Å². The Labute approximate surface area is 161 Å². The van der Waals surface area contributed by atoms with Crippen molar-refractivity contribution in [3.05, 3.63) is 65.6 Å². The third kappa shape index (κ3) is 3.24. The van der Waals surface area contributed by atoms with E-state index in [1.54, 1.807) is 31.2 Å². The molecular formula is C19H13F3N4OS. The molecule has 2 heterocycles. The highest BCUT2D eigenvalue weighted by molar-refractivity contribution is 7.19. The molecular weight excluding hydrogens is 389 g/mol. The van der Waals surface area contributed by atoms with Crippen molar-refractivity contribution in [1.29, 1.82) is 0 Å². The normalized spacial score (nSPS) is 11.3. The smallest absolute Gasteiger partial charge is 0.298 e. The molecule has 0 saturated carbocycles. The van der Waals surface area contributed by atoms with Crippen LogP contribution < -0.4 is 5.32 Å². The maximum Gasteiger partial charge on any atom is 0.320 e. The van der Waals surface area contributed by atoms with Crippen molar-refractivity contribution >= 4 is 33.4 Å². The summed E-state index contributed by atoms with van der Waals surface area (Å²) in [5.41, 5.74) is 1.49. The van der Waals surface area contributed by atoms with Crippen LogP contribution in [0.2, 0.25) is 0 Å². The molecule has 2 aromatic heterocycles. The summed E-state index contributed by atoms with van der Waals surface area (Å²) in [6.07, 6.45) is 0. The number of amides is 1. The third-order valence-corrected chi connectivity index (χ3v) is 5.19. The number of hydrogen-bond acceptors (Lipinski definition) is 4. The molecule has 0 aliphatic heterocycles. The van der Waals surface area contributed by atoms with Crippen LogP contribution in [-0.2, 0) is 0 Å². The molecule has 0 bridgehead atoms. The number of rotatable bonds is 4. The van der Waals surface area contributed by atoms with Gasteiger partial charge in [0.1, 0.15) is 5.82 Å². The summed E-state index contributed by atoms with van der Waals surface area (Å²) >= 11 is 1.05. The topological polar surface area (TPSA) is 59.8 Å². The van der Waals surface area contributed by atoms with Crippen molar-refractivity contribution in [2.24, 2.45) is 0 Å². The van der Waals surface area contributed by atoms with Crippen LogP contribution in [-0.4, -0.2) is 20.4 Å². The van der Waals surface area contributed by atoms with E-state index in [4.69, 9.17) is 0 Å². The Morgan fingerprint density at radius 2 is 1.82 bits per heavy atom. The minimum Gasteiger partial charge on any atom is -0.298 e. The molecule has 1 amide bonds. The van der Waals surface area contributed by atoms with Gasteiger partial charge in [-0.1, -0.05) is 23.5 Å². The van der Waals surface area contributed by atoms with E-state index in [1.165, 1.54) is 24.3 Å². The Morgan fingerprint density at radius 1 is 1.11 bits per heavy atom. The Bertz CT molecular complexity index is 1170. The monoisotopic (exact) mass is 402 g/mol. The van der Waals surface area contributed by atoms with E-state index in [9.17, 15) is 18.0 Å². The van der Waals surface area contributed by atoms with Gasteiger partial charge < -0.3 is 0 Å². The molecule has 0 radical (unpaired) electrons. The van der Waals surface area contributed by atoms with Crippen molar-refractivity contribution in [3.8, 4) is 10.7 Å². The number of hydrogen-bond donors (Lipinski definition) is 1. The summed E-state index contributed by atoms with van der Waals surface area (Å²) in [5, 5.41) is 2.86. The number of fused-ring (bicyclic) bond motifs is 1. The largest absolute Gasteiger partial charge is 0.320 e. The van der Waals surface area contributed by atoms with E-state index in [-0.39, 0.29) is 16.5 Å². The molecule has 142 valence electrons. The maximum atomic E-state index is 13.7. The van der Waals surface area contributed by atoms with Gasteiger partial charge in [-0.2, -0.15) is 8.78 Å². The Hall–Kier alpha value is -3.20. The third-order valence-electron chi connectivity index (χ3n) is 4.12. The number of aryl methyl sites for hydroxylation is 1. The Balaban J connectivity index is 1.70. The van der Waals surface area contributed by atoms with Crippen LogP contribution in [0.5, 0.6) is 0 Å². The number of anilines is 1. The Kier molecular flexibility index (Phi) is 4.60. The number of benzene rings is 2. The molecule has 4 rings (SSSR count). The SMILES string of the molecule is Cc1nc(NC(=O)c2ccc(F)cc2)sc1-c1nc2ccccc2n1C(F)F. The summed E-state index contributed by atoms with van der Waals surface area (Å²) in [6.45, 7) is -1.12. The van der Waals surface area contributed by atoms with Gasteiger partial charge in [0.05, 0.1) is 21.6 Å². The highest BCUT2D eigenvalue weighted by Gasteiger charge is 2.23. The molecule has 1 N–H and O–H groups in total. The lowest BCUT2D eigenvalue weighted by atomic mass is 10.2. The van der Waals surface area contributed by atoms with Crippen molar-refractivity contribution < 1.29 is 18.0 Å². The molecule has 5 nitrogen and oxygen atoms in total. The number of imidazole rings is 1. The molecule has 4 aromatic rings.